The Morgan fingerprint density at radius 3 is 1.15 bits per heavy atom. The van der Waals surface area contributed by atoms with Gasteiger partial charge < -0.3 is 196 Å². The fourth-order valence-electron chi connectivity index (χ4n) is 17.3. The van der Waals surface area contributed by atoms with Gasteiger partial charge in [0.15, 0.2) is 12.6 Å². The average molecular weight is 1930 g/mol. The maximum absolute atomic E-state index is 14.1. The number of hydrogen-bond acceptors (Lipinski definition) is 39. The monoisotopic (exact) mass is 1930 g/mol. The Morgan fingerprint density at radius 2 is 0.774 bits per heavy atom. The van der Waals surface area contributed by atoms with E-state index in [1.807, 2.05) is 0 Å². The molecule has 32 unspecified atom stereocenters. The number of rotatable bonds is 69. The Balaban J connectivity index is 1.27. The largest absolute Gasteiger partial charge is 0.477 e. The number of carboxylic acids is 3. The molecule has 0 aromatic heterocycles. The minimum Gasteiger partial charge on any atom is -0.477 e. The summed E-state index contributed by atoms with van der Waals surface area (Å²) in [4.78, 5) is 93.6. The van der Waals surface area contributed by atoms with Gasteiger partial charge >= 0.3 is 17.9 Å². The van der Waals surface area contributed by atoms with Gasteiger partial charge in [-0.3, -0.25) is 19.2 Å². The highest BCUT2D eigenvalue weighted by Gasteiger charge is 2.63. The molecule has 32 atom stereocenters. The van der Waals surface area contributed by atoms with Gasteiger partial charge in [0, 0.05) is 26.4 Å². The van der Waals surface area contributed by atoms with E-state index in [0.29, 0.717) is 12.8 Å². The van der Waals surface area contributed by atoms with Crippen LogP contribution in [0.25, 0.3) is 0 Å². The summed E-state index contributed by atoms with van der Waals surface area (Å²) in [6, 6.07) is -7.65. The van der Waals surface area contributed by atoms with Crippen LogP contribution in [0, 0.1) is 0 Å². The van der Waals surface area contributed by atoms with E-state index in [0.717, 1.165) is 77.7 Å². The number of aliphatic carboxylic acids is 3. The van der Waals surface area contributed by atoms with Crippen molar-refractivity contribution in [3.05, 3.63) is 0 Å². The van der Waals surface area contributed by atoms with E-state index in [9.17, 15) is 156 Å². The second-order valence-electron chi connectivity index (χ2n) is 35.6. The highest BCUT2D eigenvalue weighted by Crippen LogP contribution is 2.41. The molecule has 0 radical (unpaired) electrons. The van der Waals surface area contributed by atoms with Crippen molar-refractivity contribution in [3.63, 3.8) is 0 Å². The summed E-state index contributed by atoms with van der Waals surface area (Å²) in [5.74, 6) is -21.8. The molecule has 5 saturated heterocycles. The Bertz CT molecular complexity index is 3290. The number of aliphatic hydroxyl groups excluding tert-OH is 21. The molecule has 46 heteroatoms. The summed E-state index contributed by atoms with van der Waals surface area (Å²) >= 11 is 0. The third kappa shape index (κ3) is 36.2. The third-order valence-electron chi connectivity index (χ3n) is 25.3. The number of ether oxygens (including phenoxy) is 11. The smallest absolute Gasteiger partial charge is 0.364 e. The number of unbranched alkanes of at least 4 members (excludes halogenated alkanes) is 29. The summed E-state index contributed by atoms with van der Waals surface area (Å²) in [7, 11) is 1.00. The molecule has 28 N–H and O–H groups in total. The average Bonchev–Trinajstić information content (AvgIpc) is 0.596. The Morgan fingerprint density at radius 1 is 0.406 bits per heavy atom. The van der Waals surface area contributed by atoms with Crippen molar-refractivity contribution >= 4 is 41.5 Å². The molecule has 5 rings (SSSR count). The number of hydrogen-bond donors (Lipinski definition) is 28. The first-order chi connectivity index (χ1) is 63.4. The van der Waals surface area contributed by atoms with Crippen molar-refractivity contribution in [1.29, 1.82) is 0 Å². The summed E-state index contributed by atoms with van der Waals surface area (Å²) < 4.78 is 61.8. The SMILES string of the molecule is CCCCCCCCCCCCCCCCCCCCCC(O)C(=O)NC(COC1OC(CO)C(OC2OC(CO)C(O)C(OC3(C(=O)O)CC(O)C(NC(=O)COC4(C(=O)O)CC(O)C(NC(=O)COC5(C(=O)O)CC(O)C(NC(=O)CO)C(C(O)C(CO)OC)O5)C(C(O)C(O)CO)O4)C(C(O)C(O)CO)O3)C2O)C(O)C1O)C(O)C(O)CCCCCCCCCCCCCC. The molecule has 5 aliphatic rings. The normalized spacial score (nSPS) is 31.5. The lowest BCUT2D eigenvalue weighted by Gasteiger charge is -2.50. The second kappa shape index (κ2) is 61.6. The molecule has 0 aromatic carbocycles. The molecule has 0 aromatic rings. The van der Waals surface area contributed by atoms with Crippen LogP contribution in [0.15, 0.2) is 0 Å². The van der Waals surface area contributed by atoms with E-state index in [2.05, 4.69) is 35.1 Å². The van der Waals surface area contributed by atoms with Crippen LogP contribution >= 0.6 is 0 Å². The lowest BCUT2D eigenvalue weighted by atomic mass is 9.88. The first-order valence-electron chi connectivity index (χ1n) is 47.3. The molecule has 776 valence electrons. The van der Waals surface area contributed by atoms with Crippen LogP contribution in [0.5, 0.6) is 0 Å². The molecular weight excluding hydrogens is 1770 g/mol. The minimum atomic E-state index is -3.51. The van der Waals surface area contributed by atoms with Gasteiger partial charge in [-0.25, -0.2) is 14.4 Å². The number of aliphatic hydroxyl groups is 21. The molecule has 133 heavy (non-hydrogen) atoms. The molecule has 5 fully saturated rings. The van der Waals surface area contributed by atoms with Gasteiger partial charge in [0.1, 0.15) is 136 Å². The second-order valence-corrected chi connectivity index (χ2v) is 35.6. The number of carbonyl (C=O) groups is 7. The minimum absolute atomic E-state index is 0.0583. The lowest BCUT2D eigenvalue weighted by molar-refractivity contribution is -0.386. The van der Waals surface area contributed by atoms with Crippen molar-refractivity contribution in [2.24, 2.45) is 0 Å². The molecule has 0 aliphatic carbocycles. The van der Waals surface area contributed by atoms with Gasteiger partial charge in [-0.15, -0.1) is 0 Å². The predicted molar refractivity (Wildman–Crippen MR) is 459 cm³/mol. The molecule has 0 saturated carbocycles. The summed E-state index contributed by atoms with van der Waals surface area (Å²) in [5, 5.41) is 273. The summed E-state index contributed by atoms with van der Waals surface area (Å²) in [6.07, 6.45) is -23.8. The number of carboxylic acid groups (broad SMARTS) is 3. The first-order valence-corrected chi connectivity index (χ1v) is 47.3. The standard InChI is InChI=1S/C87H156N4O42/c1-4-6-8-10-12-14-16-18-19-20-21-22-23-24-26-28-30-32-34-36-51(99)79(116)88-49(66(108)50(98)35-33-31-29-27-25-17-15-13-11-9-7-5-2)46-124-80-72(114)71(113)74(59(44-96)128-80)129-81-73(115)78(70(112)58(43-95)127-81)133-87(84(121)122)39-54(102)64(76(132-87)68(110)56(104)41-93)91-62(107)47-125-85(82(117)118)37-52(100)63(75(130-85)67(109)55(103)40-92)90-61(106)48-126-86(83(119)120)38-53(101)65(89-60(105)45-97)77(131-86)69(111)57(42-94)123-3/h49-59,63-78,80-81,92-104,108-115H,4-48H2,1-3H3,(H,88,116)(H,89,105)(H,90,106)(H,91,107)(H,117,118)(H,119,120)(H,121,122). The first kappa shape index (κ1) is 118. The van der Waals surface area contributed by atoms with Crippen LogP contribution in [0.3, 0.4) is 0 Å². The zero-order chi connectivity index (χ0) is 98.7. The van der Waals surface area contributed by atoms with Crippen molar-refractivity contribution < 1.29 is 208 Å². The van der Waals surface area contributed by atoms with Crippen molar-refractivity contribution in [1.82, 2.24) is 21.3 Å². The van der Waals surface area contributed by atoms with Crippen molar-refractivity contribution in [2.75, 3.05) is 66.6 Å². The van der Waals surface area contributed by atoms with Gasteiger partial charge in [-0.05, 0) is 12.8 Å². The topological polar surface area (TPSA) is 755 Å². The van der Waals surface area contributed by atoms with Crippen molar-refractivity contribution in [2.45, 2.75) is 439 Å². The summed E-state index contributed by atoms with van der Waals surface area (Å²) in [5.41, 5.74) is 0. The highest BCUT2D eigenvalue weighted by atomic mass is 16.8. The zero-order valence-electron chi connectivity index (χ0n) is 76.6. The highest BCUT2D eigenvalue weighted by molar-refractivity contribution is 5.82. The van der Waals surface area contributed by atoms with Gasteiger partial charge in [-0.2, -0.15) is 0 Å². The molecule has 46 nitrogen and oxygen atoms in total. The lowest BCUT2D eigenvalue weighted by Crippen LogP contribution is -2.71. The molecule has 4 amide bonds. The zero-order valence-corrected chi connectivity index (χ0v) is 76.6. The third-order valence-corrected chi connectivity index (χ3v) is 25.3. The van der Waals surface area contributed by atoms with Gasteiger partial charge in [0.2, 0.25) is 23.6 Å². The van der Waals surface area contributed by atoms with Crippen LogP contribution in [-0.2, 0) is 85.7 Å². The predicted octanol–water partition coefficient (Wildman–Crippen LogP) is -4.80. The molecular formula is C87H156N4O42. The van der Waals surface area contributed by atoms with Crippen LogP contribution in [0.4, 0.5) is 0 Å². The Hall–Kier alpha value is -4.99. The molecule has 0 spiro atoms. The van der Waals surface area contributed by atoms with E-state index in [1.165, 1.54) is 116 Å². The Kier molecular flexibility index (Phi) is 54.8. The van der Waals surface area contributed by atoms with E-state index in [1.54, 1.807) is 0 Å². The molecule has 5 aliphatic heterocycles. The fourth-order valence-corrected chi connectivity index (χ4v) is 17.3. The quantitative estimate of drug-likeness (QED) is 0.0254. The maximum Gasteiger partial charge on any atom is 0.364 e. The number of carbonyl (C=O) groups excluding carboxylic acids is 4. The number of nitrogens with one attached hydrogen (secondary N) is 4. The summed E-state index contributed by atoms with van der Waals surface area (Å²) in [6.45, 7) is -6.66. The maximum atomic E-state index is 14.1. The van der Waals surface area contributed by atoms with Crippen LogP contribution < -0.4 is 21.3 Å². The van der Waals surface area contributed by atoms with E-state index in [4.69, 9.17) is 52.1 Å². The Labute approximate surface area is 774 Å². The number of amides is 4. The van der Waals surface area contributed by atoms with E-state index < -0.39 is 315 Å². The van der Waals surface area contributed by atoms with Crippen LogP contribution in [0.2, 0.25) is 0 Å². The van der Waals surface area contributed by atoms with Crippen molar-refractivity contribution in [3.8, 4) is 0 Å². The molecule has 5 heterocycles. The molecule has 0 bridgehead atoms. The van der Waals surface area contributed by atoms with Gasteiger partial charge in [0.05, 0.1) is 88.2 Å². The van der Waals surface area contributed by atoms with Crippen LogP contribution in [0.1, 0.15) is 245 Å². The van der Waals surface area contributed by atoms with Gasteiger partial charge in [0.25, 0.3) is 17.4 Å². The fraction of sp³-hybridized carbons (Fsp3) is 0.920. The number of methoxy groups -OCH3 is 1. The van der Waals surface area contributed by atoms with E-state index >= 15 is 0 Å². The van der Waals surface area contributed by atoms with Gasteiger partial charge in [-0.1, -0.05) is 213 Å². The van der Waals surface area contributed by atoms with Crippen LogP contribution in [-0.4, -0.2) is 425 Å². The van der Waals surface area contributed by atoms with E-state index in [-0.39, 0.29) is 12.8 Å².